The third-order valence-electron chi connectivity index (χ3n) is 8.34. The molecule has 0 aliphatic carbocycles. The third-order valence-corrected chi connectivity index (χ3v) is 8.34. The highest BCUT2D eigenvalue weighted by molar-refractivity contribution is 6.20. The fourth-order valence-electron chi connectivity index (χ4n) is 6.70. The Morgan fingerprint density at radius 3 is 2.33 bits per heavy atom. The molecule has 0 saturated carbocycles. The molecule has 0 saturated heterocycles. The van der Waals surface area contributed by atoms with Gasteiger partial charge in [0, 0.05) is 22.2 Å². The van der Waals surface area contributed by atoms with E-state index >= 15 is 0 Å². The number of benzene rings is 5. The maximum Gasteiger partial charge on any atom is 0.228 e. The summed E-state index contributed by atoms with van der Waals surface area (Å²) in [6, 6.07) is 26.2. The highest BCUT2D eigenvalue weighted by Crippen LogP contribution is 2.51. The molecule has 3 heterocycles. The molecule has 5 aromatic carbocycles. The Bertz CT molecular complexity index is 2180. The lowest BCUT2D eigenvalue weighted by molar-refractivity contribution is -0.659. The predicted octanol–water partition coefficient (Wildman–Crippen LogP) is 9.54. The first kappa shape index (κ1) is 22.6. The van der Waals surface area contributed by atoms with Gasteiger partial charge in [-0.3, -0.25) is 0 Å². The molecule has 3 nitrogen and oxygen atoms in total. The first-order chi connectivity index (χ1) is 18.8. The fourth-order valence-corrected chi connectivity index (χ4v) is 6.70. The molecule has 0 N–H and O–H groups in total. The largest absolute Gasteiger partial charge is 0.455 e. The number of hydrogen-bond donors (Lipinski definition) is 0. The molecule has 0 atom stereocenters. The van der Waals surface area contributed by atoms with Gasteiger partial charge < -0.3 is 9.15 Å². The first-order valence-electron chi connectivity index (χ1n) is 13.7. The molecule has 3 heteroatoms. The van der Waals surface area contributed by atoms with E-state index in [1.54, 1.807) is 0 Å². The Kier molecular flexibility index (Phi) is 4.41. The molecule has 8 rings (SSSR count). The van der Waals surface area contributed by atoms with Crippen molar-refractivity contribution in [1.29, 1.82) is 0 Å². The number of hydrogen-bond acceptors (Lipinski definition) is 2. The minimum Gasteiger partial charge on any atom is -0.455 e. The molecule has 39 heavy (non-hydrogen) atoms. The third kappa shape index (κ3) is 3.19. The molecule has 7 aromatic rings. The molecular formula is C36H30NO2+. The Hall–Kier alpha value is -4.37. The number of nitrogens with zero attached hydrogens (tertiary/aromatic N) is 1. The van der Waals surface area contributed by atoms with Crippen molar-refractivity contribution in [3.05, 3.63) is 90.1 Å². The Morgan fingerprint density at radius 2 is 1.54 bits per heavy atom. The van der Waals surface area contributed by atoms with Crippen LogP contribution in [-0.4, -0.2) is 0 Å². The van der Waals surface area contributed by atoms with Gasteiger partial charge in [-0.1, -0.05) is 57.2 Å². The van der Waals surface area contributed by atoms with Crippen LogP contribution in [0.4, 0.5) is 0 Å². The summed E-state index contributed by atoms with van der Waals surface area (Å²) < 4.78 is 15.7. The number of furan rings is 1. The van der Waals surface area contributed by atoms with Crippen molar-refractivity contribution in [2.75, 3.05) is 0 Å². The summed E-state index contributed by atoms with van der Waals surface area (Å²) >= 11 is 0. The fraction of sp³-hybridized carbons (Fsp3) is 0.194. The second-order valence-corrected chi connectivity index (χ2v) is 12.3. The van der Waals surface area contributed by atoms with Gasteiger partial charge in [0.1, 0.15) is 35.1 Å². The van der Waals surface area contributed by atoms with Crippen LogP contribution in [0.1, 0.15) is 31.9 Å². The summed E-state index contributed by atoms with van der Waals surface area (Å²) in [6.07, 6.45) is 3.13. The monoisotopic (exact) mass is 508 g/mol. The second kappa shape index (κ2) is 7.60. The Morgan fingerprint density at radius 1 is 0.744 bits per heavy atom. The van der Waals surface area contributed by atoms with Crippen molar-refractivity contribution < 1.29 is 13.7 Å². The van der Waals surface area contributed by atoms with Gasteiger partial charge in [0.25, 0.3) is 0 Å². The quantitative estimate of drug-likeness (QED) is 0.163. The summed E-state index contributed by atoms with van der Waals surface area (Å²) in [7, 11) is 2.13. The molecule has 190 valence electrons. The standard InChI is InChI=1S/C36H30NO2/c1-20-26-16-22-10-7-6-9-21(22)15-24(26)17-29-31(20)34-33-25(13-14-37(34)5)35-27(18-30(33)38-29)32-23(19-36(2,3)4)11-8-12-28(32)39-35/h6-18H,19H2,1-5H3/q+1. The van der Waals surface area contributed by atoms with E-state index in [0.29, 0.717) is 0 Å². The van der Waals surface area contributed by atoms with Crippen molar-refractivity contribution in [2.45, 2.75) is 34.1 Å². The van der Waals surface area contributed by atoms with Crippen molar-refractivity contribution in [3.8, 4) is 22.8 Å². The summed E-state index contributed by atoms with van der Waals surface area (Å²) in [4.78, 5) is 0. The predicted molar refractivity (Wildman–Crippen MR) is 161 cm³/mol. The van der Waals surface area contributed by atoms with Crippen molar-refractivity contribution >= 4 is 54.3 Å². The molecule has 0 fully saturated rings. The minimum absolute atomic E-state index is 0.169. The minimum atomic E-state index is 0.169. The van der Waals surface area contributed by atoms with Crippen LogP contribution in [0.25, 0.3) is 65.5 Å². The smallest absolute Gasteiger partial charge is 0.228 e. The van der Waals surface area contributed by atoms with E-state index in [4.69, 9.17) is 9.15 Å². The normalized spacial score (nSPS) is 13.1. The number of pyridine rings is 1. The summed E-state index contributed by atoms with van der Waals surface area (Å²) in [5, 5.41) is 9.48. The van der Waals surface area contributed by atoms with Gasteiger partial charge in [-0.05, 0) is 81.8 Å². The van der Waals surface area contributed by atoms with Crippen LogP contribution in [0, 0.1) is 12.3 Å². The maximum absolute atomic E-state index is 6.82. The van der Waals surface area contributed by atoms with Crippen LogP contribution in [-0.2, 0) is 13.5 Å². The van der Waals surface area contributed by atoms with E-state index < -0.39 is 0 Å². The summed E-state index contributed by atoms with van der Waals surface area (Å²) in [6.45, 7) is 9.09. The van der Waals surface area contributed by atoms with Crippen molar-refractivity contribution in [1.82, 2.24) is 0 Å². The zero-order valence-electron chi connectivity index (χ0n) is 23.0. The van der Waals surface area contributed by atoms with E-state index in [0.717, 1.165) is 50.8 Å². The number of aryl methyl sites for hydroxylation is 2. The van der Waals surface area contributed by atoms with Gasteiger partial charge in [-0.2, -0.15) is 0 Å². The molecule has 0 unspecified atom stereocenters. The van der Waals surface area contributed by atoms with E-state index in [2.05, 4.69) is 118 Å². The highest BCUT2D eigenvalue weighted by atomic mass is 16.5. The SMILES string of the molecule is Cc1c2c(cc3cc4ccccc4cc13)Oc1cc3c(oc4cccc(CC(C)(C)C)c43)c3cc[n+](C)c-2c13. The zero-order chi connectivity index (χ0) is 26.6. The van der Waals surface area contributed by atoms with Crippen LogP contribution in [0.5, 0.6) is 11.5 Å². The number of fused-ring (bicyclic) bond motifs is 8. The topological polar surface area (TPSA) is 26.2 Å². The van der Waals surface area contributed by atoms with Crippen LogP contribution >= 0.6 is 0 Å². The van der Waals surface area contributed by atoms with Crippen molar-refractivity contribution in [3.63, 3.8) is 0 Å². The number of aromatic nitrogens is 1. The lowest BCUT2D eigenvalue weighted by Gasteiger charge is -2.22. The van der Waals surface area contributed by atoms with Gasteiger partial charge in [-0.15, -0.1) is 0 Å². The average Bonchev–Trinajstić information content (AvgIpc) is 3.27. The molecule has 0 bridgehead atoms. The maximum atomic E-state index is 6.82. The average molecular weight is 509 g/mol. The van der Waals surface area contributed by atoms with Gasteiger partial charge in [-0.25, -0.2) is 4.57 Å². The second-order valence-electron chi connectivity index (χ2n) is 12.3. The zero-order valence-corrected chi connectivity index (χ0v) is 23.0. The lowest BCUT2D eigenvalue weighted by atomic mass is 9.86. The number of rotatable bonds is 1. The molecule has 1 aliphatic rings. The molecular weight excluding hydrogens is 478 g/mol. The number of ether oxygens (including phenoxy) is 1. The molecule has 0 spiro atoms. The van der Waals surface area contributed by atoms with E-state index in [1.165, 1.54) is 43.8 Å². The molecule has 0 amide bonds. The first-order valence-corrected chi connectivity index (χ1v) is 13.7. The molecule has 2 aromatic heterocycles. The molecule has 0 radical (unpaired) electrons. The van der Waals surface area contributed by atoms with Crippen LogP contribution in [0.2, 0.25) is 0 Å². The Balaban J connectivity index is 1.48. The van der Waals surface area contributed by atoms with E-state index in [-0.39, 0.29) is 5.41 Å². The highest BCUT2D eigenvalue weighted by Gasteiger charge is 2.32. The Labute approximate surface area is 227 Å². The van der Waals surface area contributed by atoms with Crippen molar-refractivity contribution in [2.24, 2.45) is 12.5 Å². The van der Waals surface area contributed by atoms with E-state index in [1.807, 2.05) is 0 Å². The molecule has 1 aliphatic heterocycles. The van der Waals surface area contributed by atoms with Gasteiger partial charge in [0.05, 0.1) is 5.56 Å². The summed E-state index contributed by atoms with van der Waals surface area (Å²) in [5.41, 5.74) is 6.92. The van der Waals surface area contributed by atoms with Gasteiger partial charge in [0.15, 0.2) is 6.20 Å². The van der Waals surface area contributed by atoms with Gasteiger partial charge in [0.2, 0.25) is 5.69 Å². The van der Waals surface area contributed by atoms with E-state index in [9.17, 15) is 0 Å². The van der Waals surface area contributed by atoms with Crippen LogP contribution < -0.4 is 9.30 Å². The van der Waals surface area contributed by atoms with Crippen LogP contribution in [0.3, 0.4) is 0 Å². The van der Waals surface area contributed by atoms with Gasteiger partial charge >= 0.3 is 0 Å². The lowest BCUT2D eigenvalue weighted by Crippen LogP contribution is -2.31. The van der Waals surface area contributed by atoms with Crippen LogP contribution in [0.15, 0.2) is 83.4 Å². The summed E-state index contributed by atoms with van der Waals surface area (Å²) in [5.74, 6) is 1.80.